The molecule has 2 rings (SSSR count). The molecule has 1 atom stereocenters. The molecular formula is C14H22N2O2S. The van der Waals surface area contributed by atoms with E-state index < -0.39 is 10.0 Å². The third-order valence-corrected chi connectivity index (χ3v) is 5.21. The summed E-state index contributed by atoms with van der Waals surface area (Å²) in [5.41, 5.74) is 6.31. The average molecular weight is 282 g/mol. The second kappa shape index (κ2) is 5.13. The standard InChI is InChI=1S/C14H22N2O2S/c1-14(2)8-4-6-12(10-14)16-19(17,18)13-7-3-5-11(15)9-13/h3,5,7,9,12,16H,4,6,8,10,15H2,1-2H3. The smallest absolute Gasteiger partial charge is 0.240 e. The zero-order valence-electron chi connectivity index (χ0n) is 11.5. The van der Waals surface area contributed by atoms with Crippen molar-refractivity contribution in [3.05, 3.63) is 24.3 Å². The van der Waals surface area contributed by atoms with Crippen LogP contribution in [-0.4, -0.2) is 14.5 Å². The molecule has 106 valence electrons. The molecular weight excluding hydrogens is 260 g/mol. The normalized spacial score (nSPS) is 23.2. The van der Waals surface area contributed by atoms with Crippen LogP contribution in [0.1, 0.15) is 39.5 Å². The molecule has 19 heavy (non-hydrogen) atoms. The maximum absolute atomic E-state index is 12.3. The summed E-state index contributed by atoms with van der Waals surface area (Å²) in [4.78, 5) is 0.246. The van der Waals surface area contributed by atoms with Crippen molar-refractivity contribution in [1.82, 2.24) is 4.72 Å². The van der Waals surface area contributed by atoms with Gasteiger partial charge in [0.05, 0.1) is 4.90 Å². The fourth-order valence-corrected chi connectivity index (χ4v) is 4.09. The first-order chi connectivity index (χ1) is 8.78. The van der Waals surface area contributed by atoms with Crippen LogP contribution < -0.4 is 10.5 Å². The van der Waals surface area contributed by atoms with Crippen LogP contribution in [0.5, 0.6) is 0 Å². The van der Waals surface area contributed by atoms with Gasteiger partial charge in [-0.1, -0.05) is 26.3 Å². The highest BCUT2D eigenvalue weighted by Gasteiger charge is 2.30. The van der Waals surface area contributed by atoms with Gasteiger partial charge in [0, 0.05) is 11.7 Å². The molecule has 3 N–H and O–H groups in total. The van der Waals surface area contributed by atoms with Crippen LogP contribution in [0.2, 0.25) is 0 Å². The quantitative estimate of drug-likeness (QED) is 0.837. The van der Waals surface area contributed by atoms with Crippen molar-refractivity contribution in [2.24, 2.45) is 5.41 Å². The maximum Gasteiger partial charge on any atom is 0.240 e. The highest BCUT2D eigenvalue weighted by atomic mass is 32.2. The topological polar surface area (TPSA) is 72.2 Å². The lowest BCUT2D eigenvalue weighted by Gasteiger charge is -2.35. The highest BCUT2D eigenvalue weighted by molar-refractivity contribution is 7.89. The molecule has 0 radical (unpaired) electrons. The van der Waals surface area contributed by atoms with Crippen LogP contribution in [0, 0.1) is 5.41 Å². The third-order valence-electron chi connectivity index (χ3n) is 3.70. The second-order valence-corrected chi connectivity index (χ2v) is 7.87. The molecule has 1 unspecified atom stereocenters. The van der Waals surface area contributed by atoms with E-state index in [1.165, 1.54) is 6.07 Å². The Morgan fingerprint density at radius 2 is 2.11 bits per heavy atom. The van der Waals surface area contributed by atoms with E-state index in [1.54, 1.807) is 18.2 Å². The Bertz CT molecular complexity index is 552. The molecule has 0 heterocycles. The number of hydrogen-bond acceptors (Lipinski definition) is 3. The van der Waals surface area contributed by atoms with Gasteiger partial charge in [0.25, 0.3) is 0 Å². The first kappa shape index (κ1) is 14.3. The van der Waals surface area contributed by atoms with Crippen LogP contribution in [0.3, 0.4) is 0 Å². The first-order valence-electron chi connectivity index (χ1n) is 6.66. The van der Waals surface area contributed by atoms with Gasteiger partial charge in [-0.05, 0) is 42.9 Å². The van der Waals surface area contributed by atoms with Crippen molar-refractivity contribution >= 4 is 15.7 Å². The first-order valence-corrected chi connectivity index (χ1v) is 8.15. The van der Waals surface area contributed by atoms with Gasteiger partial charge >= 0.3 is 0 Å². The number of nitrogens with one attached hydrogen (secondary N) is 1. The van der Waals surface area contributed by atoms with E-state index in [2.05, 4.69) is 18.6 Å². The fourth-order valence-electron chi connectivity index (χ4n) is 2.77. The van der Waals surface area contributed by atoms with Crippen molar-refractivity contribution in [2.45, 2.75) is 50.5 Å². The lowest BCUT2D eigenvalue weighted by Crippen LogP contribution is -2.40. The molecule has 1 aliphatic rings. The van der Waals surface area contributed by atoms with Gasteiger partial charge in [0.2, 0.25) is 10.0 Å². The number of anilines is 1. The van der Waals surface area contributed by atoms with E-state index in [0.717, 1.165) is 25.7 Å². The monoisotopic (exact) mass is 282 g/mol. The van der Waals surface area contributed by atoms with E-state index in [0.29, 0.717) is 5.69 Å². The van der Waals surface area contributed by atoms with E-state index in [9.17, 15) is 8.42 Å². The molecule has 4 nitrogen and oxygen atoms in total. The number of nitrogen functional groups attached to an aromatic ring is 1. The molecule has 1 fully saturated rings. The molecule has 1 aliphatic carbocycles. The van der Waals surface area contributed by atoms with E-state index in [-0.39, 0.29) is 16.4 Å². The largest absolute Gasteiger partial charge is 0.399 e. The molecule has 1 aromatic carbocycles. The predicted molar refractivity (Wildman–Crippen MR) is 77.2 cm³/mol. The number of nitrogens with two attached hydrogens (primary N) is 1. The molecule has 0 aromatic heterocycles. The van der Waals surface area contributed by atoms with Crippen molar-refractivity contribution in [1.29, 1.82) is 0 Å². The minimum absolute atomic E-state index is 0.0233. The third kappa shape index (κ3) is 3.70. The maximum atomic E-state index is 12.3. The summed E-state index contributed by atoms with van der Waals surface area (Å²) in [6, 6.07) is 6.44. The number of benzene rings is 1. The van der Waals surface area contributed by atoms with Gasteiger partial charge in [-0.25, -0.2) is 13.1 Å². The summed E-state index contributed by atoms with van der Waals surface area (Å²) in [7, 11) is -3.46. The molecule has 0 saturated heterocycles. The second-order valence-electron chi connectivity index (χ2n) is 6.15. The minimum atomic E-state index is -3.46. The molecule has 0 bridgehead atoms. The van der Waals surface area contributed by atoms with Crippen LogP contribution in [-0.2, 0) is 10.0 Å². The minimum Gasteiger partial charge on any atom is -0.399 e. The van der Waals surface area contributed by atoms with Crippen LogP contribution in [0.25, 0.3) is 0 Å². The van der Waals surface area contributed by atoms with Crippen LogP contribution in [0.4, 0.5) is 5.69 Å². The van der Waals surface area contributed by atoms with Gasteiger partial charge in [0.1, 0.15) is 0 Å². The Balaban J connectivity index is 2.13. The number of hydrogen-bond donors (Lipinski definition) is 2. The Kier molecular flexibility index (Phi) is 3.87. The van der Waals surface area contributed by atoms with Crippen molar-refractivity contribution in [3.63, 3.8) is 0 Å². The predicted octanol–water partition coefficient (Wildman–Crippen LogP) is 2.52. The Morgan fingerprint density at radius 1 is 1.37 bits per heavy atom. The van der Waals surface area contributed by atoms with Gasteiger partial charge < -0.3 is 5.73 Å². The zero-order chi connectivity index (χ0) is 14.1. The van der Waals surface area contributed by atoms with Crippen molar-refractivity contribution in [2.75, 3.05) is 5.73 Å². The summed E-state index contributed by atoms with van der Waals surface area (Å²) >= 11 is 0. The van der Waals surface area contributed by atoms with E-state index >= 15 is 0 Å². The molecule has 0 aliphatic heterocycles. The molecule has 1 aromatic rings. The number of rotatable bonds is 3. The van der Waals surface area contributed by atoms with E-state index in [4.69, 9.17) is 5.73 Å². The average Bonchev–Trinajstić information content (AvgIpc) is 2.27. The molecule has 5 heteroatoms. The molecule has 0 amide bonds. The fraction of sp³-hybridized carbons (Fsp3) is 0.571. The zero-order valence-corrected chi connectivity index (χ0v) is 12.3. The lowest BCUT2D eigenvalue weighted by molar-refractivity contribution is 0.212. The highest BCUT2D eigenvalue weighted by Crippen LogP contribution is 2.35. The van der Waals surface area contributed by atoms with Gasteiger partial charge in [-0.3, -0.25) is 0 Å². The summed E-state index contributed by atoms with van der Waals surface area (Å²) in [6.45, 7) is 4.38. The van der Waals surface area contributed by atoms with Gasteiger partial charge in [-0.15, -0.1) is 0 Å². The Morgan fingerprint density at radius 3 is 2.74 bits per heavy atom. The van der Waals surface area contributed by atoms with Crippen LogP contribution >= 0.6 is 0 Å². The summed E-state index contributed by atoms with van der Waals surface area (Å²) in [6.07, 6.45) is 4.01. The summed E-state index contributed by atoms with van der Waals surface area (Å²) in [5.74, 6) is 0. The van der Waals surface area contributed by atoms with Gasteiger partial charge in [-0.2, -0.15) is 0 Å². The molecule has 1 saturated carbocycles. The van der Waals surface area contributed by atoms with Crippen LogP contribution in [0.15, 0.2) is 29.2 Å². The molecule has 0 spiro atoms. The van der Waals surface area contributed by atoms with Crippen molar-refractivity contribution < 1.29 is 8.42 Å². The SMILES string of the molecule is CC1(C)CCCC(NS(=O)(=O)c2cccc(N)c2)C1. The van der Waals surface area contributed by atoms with Crippen molar-refractivity contribution in [3.8, 4) is 0 Å². The van der Waals surface area contributed by atoms with Gasteiger partial charge in [0.15, 0.2) is 0 Å². The van der Waals surface area contributed by atoms with E-state index in [1.807, 2.05) is 0 Å². The Hall–Kier alpha value is -1.07. The summed E-state index contributed by atoms with van der Waals surface area (Å²) < 4.78 is 27.4. The number of sulfonamides is 1. The lowest BCUT2D eigenvalue weighted by atomic mass is 9.75. The summed E-state index contributed by atoms with van der Waals surface area (Å²) in [5, 5.41) is 0. The Labute approximate surface area is 115 Å².